The number of Topliss-reactive ketones (excluding diaryl/α,β-unsaturated/α-hetero) is 1. The van der Waals surface area contributed by atoms with Crippen molar-refractivity contribution < 1.29 is 19.4 Å². The van der Waals surface area contributed by atoms with E-state index in [0.717, 1.165) is 18.4 Å². The number of amides is 1. The number of pyridine rings is 1. The number of ketones is 1. The average Bonchev–Trinajstić information content (AvgIpc) is 3.10. The highest BCUT2D eigenvalue weighted by Gasteiger charge is 2.46. The Balaban J connectivity index is 1.80. The van der Waals surface area contributed by atoms with E-state index < -0.39 is 17.7 Å². The van der Waals surface area contributed by atoms with Gasteiger partial charge in [0.1, 0.15) is 11.5 Å². The first-order valence-corrected chi connectivity index (χ1v) is 11.1. The van der Waals surface area contributed by atoms with Crippen molar-refractivity contribution in [3.63, 3.8) is 0 Å². The number of unbranched alkanes of at least 4 members (excludes halogenated alkanes) is 1. The summed E-state index contributed by atoms with van der Waals surface area (Å²) in [7, 11) is 0. The summed E-state index contributed by atoms with van der Waals surface area (Å²) in [6.45, 7) is 2.89. The van der Waals surface area contributed by atoms with Gasteiger partial charge in [0.25, 0.3) is 11.7 Å². The molecular formula is C27H26N2O4. The van der Waals surface area contributed by atoms with Gasteiger partial charge in [-0.2, -0.15) is 0 Å². The number of nitrogens with zero attached hydrogens (tertiary/aromatic N) is 2. The van der Waals surface area contributed by atoms with Gasteiger partial charge in [-0.3, -0.25) is 14.6 Å². The highest BCUT2D eigenvalue weighted by atomic mass is 16.5. The predicted octanol–water partition coefficient (Wildman–Crippen LogP) is 4.88. The SMILES string of the molecule is CCCCOc1cccc(C2/C(=C(\O)c3ccccc3)C(=O)C(=O)N2Cc2ccncc2)c1. The summed E-state index contributed by atoms with van der Waals surface area (Å²) in [6.07, 6.45) is 5.24. The number of aromatic nitrogens is 1. The Hall–Kier alpha value is -3.93. The smallest absolute Gasteiger partial charge is 0.295 e. The largest absolute Gasteiger partial charge is 0.507 e. The number of carbonyl (C=O) groups excluding carboxylic acids is 2. The molecule has 1 aliphatic heterocycles. The van der Waals surface area contributed by atoms with E-state index in [1.54, 1.807) is 48.8 Å². The Morgan fingerprint density at radius 1 is 1.03 bits per heavy atom. The van der Waals surface area contributed by atoms with E-state index in [9.17, 15) is 14.7 Å². The molecule has 0 aliphatic carbocycles. The maximum absolute atomic E-state index is 13.1. The first-order chi connectivity index (χ1) is 16.1. The summed E-state index contributed by atoms with van der Waals surface area (Å²) >= 11 is 0. The zero-order valence-electron chi connectivity index (χ0n) is 18.5. The highest BCUT2D eigenvalue weighted by molar-refractivity contribution is 6.46. The summed E-state index contributed by atoms with van der Waals surface area (Å²) in [6, 6.07) is 19.1. The lowest BCUT2D eigenvalue weighted by atomic mass is 9.95. The Morgan fingerprint density at radius 2 is 1.79 bits per heavy atom. The standard InChI is InChI=1S/C27H26N2O4/c1-2-3-16-33-22-11-7-10-21(17-22)24-23(25(30)20-8-5-4-6-9-20)26(31)27(32)29(24)18-19-12-14-28-15-13-19/h4-15,17,24,30H,2-3,16,18H2,1H3/b25-23+. The molecule has 168 valence electrons. The Kier molecular flexibility index (Phi) is 6.83. The summed E-state index contributed by atoms with van der Waals surface area (Å²) in [5.74, 6) is -0.872. The molecule has 0 bridgehead atoms. The summed E-state index contributed by atoms with van der Waals surface area (Å²) in [5.41, 5.74) is 2.10. The zero-order valence-corrected chi connectivity index (χ0v) is 18.5. The minimum Gasteiger partial charge on any atom is -0.507 e. The molecule has 4 rings (SSSR count). The molecule has 33 heavy (non-hydrogen) atoms. The third kappa shape index (κ3) is 4.80. The van der Waals surface area contributed by atoms with Gasteiger partial charge in [-0.25, -0.2) is 0 Å². The van der Waals surface area contributed by atoms with Crippen molar-refractivity contribution in [1.29, 1.82) is 0 Å². The van der Waals surface area contributed by atoms with Gasteiger partial charge >= 0.3 is 0 Å². The van der Waals surface area contributed by atoms with Crippen LogP contribution in [0.5, 0.6) is 5.75 Å². The monoisotopic (exact) mass is 442 g/mol. The predicted molar refractivity (Wildman–Crippen MR) is 125 cm³/mol. The number of aliphatic hydroxyl groups excluding tert-OH is 1. The van der Waals surface area contributed by atoms with E-state index in [-0.39, 0.29) is 17.9 Å². The molecule has 0 spiro atoms. The number of rotatable bonds is 8. The van der Waals surface area contributed by atoms with E-state index >= 15 is 0 Å². The van der Waals surface area contributed by atoms with E-state index in [2.05, 4.69) is 11.9 Å². The van der Waals surface area contributed by atoms with Crippen LogP contribution in [0.1, 0.15) is 42.5 Å². The fourth-order valence-corrected chi connectivity index (χ4v) is 3.93. The zero-order chi connectivity index (χ0) is 23.2. The molecule has 0 saturated carbocycles. The van der Waals surface area contributed by atoms with E-state index in [1.165, 1.54) is 4.90 Å². The van der Waals surface area contributed by atoms with Crippen molar-refractivity contribution in [3.05, 3.63) is 101 Å². The van der Waals surface area contributed by atoms with E-state index in [1.807, 2.05) is 30.3 Å². The lowest BCUT2D eigenvalue weighted by Gasteiger charge is -2.25. The first-order valence-electron chi connectivity index (χ1n) is 11.1. The fraction of sp³-hybridized carbons (Fsp3) is 0.222. The second-order valence-electron chi connectivity index (χ2n) is 7.92. The van der Waals surface area contributed by atoms with Gasteiger partial charge in [-0.1, -0.05) is 55.8 Å². The quantitative estimate of drug-likeness (QED) is 0.233. The topological polar surface area (TPSA) is 79.7 Å². The molecule has 1 atom stereocenters. The first kappa shape index (κ1) is 22.3. The number of hydrogen-bond donors (Lipinski definition) is 1. The molecule has 1 aromatic heterocycles. The van der Waals surface area contributed by atoms with Gasteiger partial charge in [0.05, 0.1) is 18.2 Å². The van der Waals surface area contributed by atoms with Gasteiger partial charge in [0.2, 0.25) is 0 Å². The number of benzene rings is 2. The maximum atomic E-state index is 13.1. The molecule has 6 nitrogen and oxygen atoms in total. The minimum atomic E-state index is -0.743. The van der Waals surface area contributed by atoms with Gasteiger partial charge in [-0.15, -0.1) is 0 Å². The summed E-state index contributed by atoms with van der Waals surface area (Å²) in [5, 5.41) is 11.1. The van der Waals surface area contributed by atoms with Crippen LogP contribution in [0.3, 0.4) is 0 Å². The molecule has 1 fully saturated rings. The van der Waals surface area contributed by atoms with Crippen molar-refractivity contribution in [2.45, 2.75) is 32.4 Å². The second kappa shape index (κ2) is 10.1. The van der Waals surface area contributed by atoms with Crippen LogP contribution in [0.15, 0.2) is 84.7 Å². The van der Waals surface area contributed by atoms with Crippen molar-refractivity contribution >= 4 is 17.4 Å². The molecule has 3 aromatic rings. The molecule has 1 unspecified atom stereocenters. The van der Waals surface area contributed by atoms with Gasteiger partial charge in [-0.05, 0) is 41.8 Å². The molecule has 0 radical (unpaired) electrons. The molecule has 6 heteroatoms. The van der Waals surface area contributed by atoms with Crippen LogP contribution in [0.4, 0.5) is 0 Å². The molecule has 2 aromatic carbocycles. The van der Waals surface area contributed by atoms with Crippen molar-refractivity contribution in [2.24, 2.45) is 0 Å². The molecule has 1 N–H and O–H groups in total. The second-order valence-corrected chi connectivity index (χ2v) is 7.92. The molecule has 1 aliphatic rings. The summed E-state index contributed by atoms with van der Waals surface area (Å²) < 4.78 is 5.86. The third-order valence-electron chi connectivity index (χ3n) is 5.63. The molecule has 2 heterocycles. The Labute approximate surface area is 193 Å². The Morgan fingerprint density at radius 3 is 2.52 bits per heavy atom. The summed E-state index contributed by atoms with van der Waals surface area (Å²) in [4.78, 5) is 31.8. The van der Waals surface area contributed by atoms with Crippen LogP contribution in [-0.2, 0) is 16.1 Å². The van der Waals surface area contributed by atoms with E-state index in [4.69, 9.17) is 4.74 Å². The van der Waals surface area contributed by atoms with Gasteiger partial charge < -0.3 is 14.7 Å². The van der Waals surface area contributed by atoms with Crippen LogP contribution in [-0.4, -0.2) is 33.3 Å². The fourth-order valence-electron chi connectivity index (χ4n) is 3.93. The normalized spacial score (nSPS) is 17.4. The number of ether oxygens (including phenoxy) is 1. The Bertz CT molecular complexity index is 1160. The van der Waals surface area contributed by atoms with Gasteiger partial charge in [0, 0.05) is 24.5 Å². The third-order valence-corrected chi connectivity index (χ3v) is 5.63. The van der Waals surface area contributed by atoms with E-state index in [0.29, 0.717) is 23.5 Å². The van der Waals surface area contributed by atoms with Crippen LogP contribution in [0.25, 0.3) is 5.76 Å². The lowest BCUT2D eigenvalue weighted by molar-refractivity contribution is -0.140. The molecule has 1 saturated heterocycles. The van der Waals surface area contributed by atoms with Gasteiger partial charge in [0.15, 0.2) is 0 Å². The lowest BCUT2D eigenvalue weighted by Crippen LogP contribution is -2.29. The minimum absolute atomic E-state index is 0.0750. The van der Waals surface area contributed by atoms with Crippen LogP contribution in [0, 0.1) is 0 Å². The van der Waals surface area contributed by atoms with Crippen molar-refractivity contribution in [2.75, 3.05) is 6.61 Å². The molecular weight excluding hydrogens is 416 g/mol. The maximum Gasteiger partial charge on any atom is 0.295 e. The number of likely N-dealkylation sites (tertiary alicyclic amines) is 1. The highest BCUT2D eigenvalue weighted by Crippen LogP contribution is 2.41. The number of hydrogen-bond acceptors (Lipinski definition) is 5. The van der Waals surface area contributed by atoms with Crippen LogP contribution in [0.2, 0.25) is 0 Å². The van der Waals surface area contributed by atoms with Crippen molar-refractivity contribution in [1.82, 2.24) is 9.88 Å². The van der Waals surface area contributed by atoms with Crippen molar-refractivity contribution in [3.8, 4) is 5.75 Å². The molecule has 1 amide bonds. The van der Waals surface area contributed by atoms with Crippen LogP contribution >= 0.6 is 0 Å². The van der Waals surface area contributed by atoms with Crippen LogP contribution < -0.4 is 4.74 Å². The number of aliphatic hydroxyl groups is 1. The number of carbonyl (C=O) groups is 2. The average molecular weight is 443 g/mol.